The molecule has 2 N–H and O–H groups in total. The van der Waals surface area contributed by atoms with Gasteiger partial charge < -0.3 is 4.42 Å². The summed E-state index contributed by atoms with van der Waals surface area (Å²) in [5, 5.41) is 14.8. The van der Waals surface area contributed by atoms with Crippen molar-refractivity contribution in [1.29, 1.82) is 0 Å². The number of fused-ring (bicyclic) bond motifs is 1. The predicted octanol–water partition coefficient (Wildman–Crippen LogP) is -0.446. The van der Waals surface area contributed by atoms with Crippen LogP contribution in [0.2, 0.25) is 0 Å². The molecule has 3 heterocycles. The molecule has 10 heteroatoms. The molecular formula is C9H5N5O5. The molecule has 0 bridgehead atoms. The largest absolute Gasteiger partial charge is 0.433 e. The minimum Gasteiger partial charge on any atom is -0.397 e. The summed E-state index contributed by atoms with van der Waals surface area (Å²) in [5.74, 6) is -0.927. The fourth-order valence-electron chi connectivity index (χ4n) is 1.66. The van der Waals surface area contributed by atoms with Crippen LogP contribution in [0.15, 0.2) is 26.5 Å². The zero-order chi connectivity index (χ0) is 13.6. The first-order valence-electron chi connectivity index (χ1n) is 5.07. The highest BCUT2D eigenvalue weighted by atomic mass is 16.6. The van der Waals surface area contributed by atoms with E-state index in [1.54, 1.807) is 0 Å². The van der Waals surface area contributed by atoms with Crippen molar-refractivity contribution in [3.05, 3.63) is 28.0 Å². The summed E-state index contributed by atoms with van der Waals surface area (Å²) in [4.78, 5) is 40.2. The van der Waals surface area contributed by atoms with Crippen LogP contribution in [0.5, 0.6) is 0 Å². The van der Waals surface area contributed by atoms with Crippen LogP contribution in [0.25, 0.3) is 0 Å². The lowest BCUT2D eigenvalue weighted by molar-refractivity contribution is -0.402. The lowest BCUT2D eigenvalue weighted by Gasteiger charge is -2.16. The number of imide groups is 1. The van der Waals surface area contributed by atoms with Crippen molar-refractivity contribution < 1.29 is 18.9 Å². The molecule has 2 aliphatic rings. The third-order valence-corrected chi connectivity index (χ3v) is 2.46. The molecule has 19 heavy (non-hydrogen) atoms. The number of carbonyl (C=O) groups excluding carboxylic acids is 2. The number of aliphatic imine (C=N–C) groups is 2. The Hall–Kier alpha value is -3.04. The Balaban J connectivity index is 1.94. The topological polar surface area (TPSA) is 139 Å². The van der Waals surface area contributed by atoms with Crippen LogP contribution >= 0.6 is 0 Å². The Bertz CT molecular complexity index is 672. The van der Waals surface area contributed by atoms with Crippen molar-refractivity contribution in [3.63, 3.8) is 0 Å². The van der Waals surface area contributed by atoms with Gasteiger partial charge in [0.05, 0.1) is 6.07 Å². The Morgan fingerprint density at radius 3 is 2.79 bits per heavy atom. The number of urea groups is 1. The molecule has 0 spiro atoms. The molecule has 1 atom stereocenters. The van der Waals surface area contributed by atoms with Gasteiger partial charge in [-0.15, -0.1) is 0 Å². The van der Waals surface area contributed by atoms with E-state index < -0.39 is 28.8 Å². The molecule has 96 valence electrons. The number of carbonyl (C=O) groups is 2. The maximum atomic E-state index is 11.5. The number of amidine groups is 2. The summed E-state index contributed by atoms with van der Waals surface area (Å²) in [6, 6.07) is 0.815. The van der Waals surface area contributed by atoms with Crippen LogP contribution in [0.3, 0.4) is 0 Å². The molecule has 1 saturated heterocycles. The van der Waals surface area contributed by atoms with Crippen molar-refractivity contribution in [3.8, 4) is 0 Å². The van der Waals surface area contributed by atoms with E-state index in [2.05, 4.69) is 15.3 Å². The van der Waals surface area contributed by atoms with Gasteiger partial charge in [0.1, 0.15) is 10.8 Å². The molecule has 1 fully saturated rings. The highest BCUT2D eigenvalue weighted by Crippen LogP contribution is 2.20. The van der Waals surface area contributed by atoms with E-state index >= 15 is 0 Å². The number of furan rings is 1. The molecule has 0 aromatic carbocycles. The minimum absolute atomic E-state index is 0.0189. The molecule has 2 aliphatic heterocycles. The van der Waals surface area contributed by atoms with Crippen molar-refractivity contribution in [2.75, 3.05) is 0 Å². The van der Waals surface area contributed by atoms with Crippen molar-refractivity contribution >= 4 is 29.5 Å². The number of amides is 3. The fourth-order valence-corrected chi connectivity index (χ4v) is 1.66. The lowest BCUT2D eigenvalue weighted by atomic mass is 10.2. The van der Waals surface area contributed by atoms with Gasteiger partial charge in [-0.05, 0) is 6.07 Å². The first-order chi connectivity index (χ1) is 9.04. The third kappa shape index (κ3) is 1.74. The fraction of sp³-hybridized carbons (Fsp3) is 0.111. The Labute approximate surface area is 104 Å². The standard InChI is InChI=1S/C9H5N5O5/c15-8-5-7(12-9(16)13-8)11-6(10-5)3-1-2-4(19-3)14(17)18/h1-2,5H,(H2,10,11,12,13,15,16)/t5-/m1/s1. The first kappa shape index (κ1) is 11.1. The average Bonchev–Trinajstić information content (AvgIpc) is 2.92. The van der Waals surface area contributed by atoms with Gasteiger partial charge in [-0.3, -0.25) is 25.5 Å². The monoisotopic (exact) mass is 263 g/mol. The SMILES string of the molecule is O=C1NC(=O)[C@@H]2N=C(c3ccc([N+](=O)[O-])o3)N=C2N1. The number of hydrogen-bond donors (Lipinski definition) is 2. The maximum Gasteiger partial charge on any atom is 0.433 e. The van der Waals surface area contributed by atoms with Crippen LogP contribution in [0.1, 0.15) is 5.76 Å². The number of nitrogens with zero attached hydrogens (tertiary/aromatic N) is 3. The van der Waals surface area contributed by atoms with Gasteiger partial charge >= 0.3 is 11.9 Å². The Morgan fingerprint density at radius 1 is 1.32 bits per heavy atom. The third-order valence-electron chi connectivity index (χ3n) is 2.46. The zero-order valence-corrected chi connectivity index (χ0v) is 9.11. The van der Waals surface area contributed by atoms with E-state index in [0.717, 1.165) is 6.07 Å². The number of nitrogens with one attached hydrogen (secondary N) is 2. The minimum atomic E-state index is -0.961. The second kappa shape index (κ2) is 3.73. The summed E-state index contributed by atoms with van der Waals surface area (Å²) in [6.07, 6.45) is 0. The quantitative estimate of drug-likeness (QED) is 0.549. The van der Waals surface area contributed by atoms with Crippen molar-refractivity contribution in [2.45, 2.75) is 6.04 Å². The molecule has 3 amide bonds. The normalized spacial score (nSPS) is 21.2. The van der Waals surface area contributed by atoms with E-state index in [1.165, 1.54) is 6.07 Å². The van der Waals surface area contributed by atoms with Gasteiger partial charge in [0.2, 0.25) is 0 Å². The van der Waals surface area contributed by atoms with Gasteiger partial charge in [-0.25, -0.2) is 14.8 Å². The molecule has 0 radical (unpaired) electrons. The molecule has 0 aliphatic carbocycles. The van der Waals surface area contributed by atoms with Gasteiger partial charge in [0.15, 0.2) is 17.6 Å². The van der Waals surface area contributed by atoms with Crippen LogP contribution in [0.4, 0.5) is 10.7 Å². The molecule has 1 aromatic heterocycles. The highest BCUT2D eigenvalue weighted by molar-refractivity contribution is 6.27. The van der Waals surface area contributed by atoms with E-state index in [9.17, 15) is 19.7 Å². The Morgan fingerprint density at radius 2 is 2.11 bits per heavy atom. The summed E-state index contributed by atoms with van der Waals surface area (Å²) >= 11 is 0. The van der Waals surface area contributed by atoms with Crippen molar-refractivity contribution in [1.82, 2.24) is 10.6 Å². The number of hydrogen-bond acceptors (Lipinski definition) is 7. The second-order valence-corrected chi connectivity index (χ2v) is 3.69. The van der Waals surface area contributed by atoms with E-state index in [4.69, 9.17) is 4.42 Å². The highest BCUT2D eigenvalue weighted by Gasteiger charge is 2.37. The molecule has 0 unspecified atom stereocenters. The number of nitro groups is 1. The molecular weight excluding hydrogens is 258 g/mol. The molecule has 3 rings (SSSR count). The van der Waals surface area contributed by atoms with Gasteiger partial charge in [0, 0.05) is 0 Å². The van der Waals surface area contributed by atoms with E-state index in [0.29, 0.717) is 0 Å². The summed E-state index contributed by atoms with van der Waals surface area (Å²) in [5.41, 5.74) is 0. The first-order valence-corrected chi connectivity index (χ1v) is 5.07. The van der Waals surface area contributed by atoms with E-state index in [1.807, 2.05) is 5.32 Å². The maximum absolute atomic E-state index is 11.5. The Kier molecular flexibility index (Phi) is 2.17. The molecule has 10 nitrogen and oxygen atoms in total. The summed E-state index contributed by atoms with van der Waals surface area (Å²) in [6.45, 7) is 0. The van der Waals surface area contributed by atoms with Crippen LogP contribution in [0, 0.1) is 10.1 Å². The van der Waals surface area contributed by atoms with Crippen LogP contribution in [-0.2, 0) is 4.79 Å². The predicted molar refractivity (Wildman–Crippen MR) is 59.8 cm³/mol. The average molecular weight is 263 g/mol. The van der Waals surface area contributed by atoms with E-state index in [-0.39, 0.29) is 17.4 Å². The molecule has 0 saturated carbocycles. The summed E-state index contributed by atoms with van der Waals surface area (Å²) in [7, 11) is 0. The second-order valence-electron chi connectivity index (χ2n) is 3.69. The lowest BCUT2D eigenvalue weighted by Crippen LogP contribution is -2.57. The van der Waals surface area contributed by atoms with Gasteiger partial charge in [0.25, 0.3) is 5.91 Å². The van der Waals surface area contributed by atoms with Crippen LogP contribution in [-0.4, -0.2) is 34.6 Å². The number of rotatable bonds is 2. The van der Waals surface area contributed by atoms with Gasteiger partial charge in [-0.1, -0.05) is 0 Å². The van der Waals surface area contributed by atoms with Crippen molar-refractivity contribution in [2.24, 2.45) is 9.98 Å². The van der Waals surface area contributed by atoms with Gasteiger partial charge in [-0.2, -0.15) is 0 Å². The zero-order valence-electron chi connectivity index (χ0n) is 9.11. The smallest absolute Gasteiger partial charge is 0.397 e. The van der Waals surface area contributed by atoms with Crippen LogP contribution < -0.4 is 10.6 Å². The molecule has 1 aromatic rings. The summed E-state index contributed by atoms with van der Waals surface area (Å²) < 4.78 is 4.92.